The van der Waals surface area contributed by atoms with Crippen LogP contribution in [0.5, 0.6) is 0 Å². The fourth-order valence-corrected chi connectivity index (χ4v) is 3.16. The Morgan fingerprint density at radius 3 is 2.67 bits per heavy atom. The third-order valence-electron chi connectivity index (χ3n) is 4.87. The smallest absolute Gasteiger partial charge is 0.0659 e. The van der Waals surface area contributed by atoms with Crippen LogP contribution < -0.4 is 5.32 Å². The molecule has 0 atom stereocenters. The van der Waals surface area contributed by atoms with Crippen LogP contribution in [0.1, 0.15) is 43.7 Å². The van der Waals surface area contributed by atoms with Gasteiger partial charge >= 0.3 is 0 Å². The fraction of sp³-hybridized carbons (Fsp3) is 0.500. The predicted molar refractivity (Wildman–Crippen MR) is 86.1 cm³/mol. The number of benzene rings is 1. The van der Waals surface area contributed by atoms with Gasteiger partial charge in [0.25, 0.3) is 0 Å². The fourth-order valence-electron chi connectivity index (χ4n) is 3.16. The van der Waals surface area contributed by atoms with E-state index in [4.69, 9.17) is 0 Å². The quantitative estimate of drug-likeness (QED) is 0.841. The summed E-state index contributed by atoms with van der Waals surface area (Å²) in [7, 11) is 0. The van der Waals surface area contributed by atoms with Crippen LogP contribution in [0, 0.1) is 5.41 Å². The predicted octanol–water partition coefficient (Wildman–Crippen LogP) is 3.60. The summed E-state index contributed by atoms with van der Waals surface area (Å²) in [6.07, 6.45) is 9.63. The first-order chi connectivity index (χ1) is 10.3. The molecule has 1 aromatic heterocycles. The summed E-state index contributed by atoms with van der Waals surface area (Å²) in [5.41, 5.74) is 3.15. The summed E-state index contributed by atoms with van der Waals surface area (Å²) >= 11 is 0. The van der Waals surface area contributed by atoms with Crippen LogP contribution in [-0.4, -0.2) is 16.3 Å². The molecule has 1 fully saturated rings. The van der Waals surface area contributed by atoms with E-state index in [1.165, 1.54) is 36.8 Å². The lowest BCUT2D eigenvalue weighted by molar-refractivity contribution is 0.124. The zero-order valence-electron chi connectivity index (χ0n) is 12.9. The second-order valence-electron chi connectivity index (χ2n) is 6.34. The molecule has 0 amide bonds. The third-order valence-corrected chi connectivity index (χ3v) is 4.87. The van der Waals surface area contributed by atoms with Crippen molar-refractivity contribution in [2.45, 2.75) is 45.7 Å². The van der Waals surface area contributed by atoms with E-state index >= 15 is 0 Å². The zero-order chi connectivity index (χ0) is 14.5. The number of nitrogens with one attached hydrogen (secondary N) is 1. The first kappa shape index (κ1) is 14.3. The minimum Gasteiger partial charge on any atom is -0.312 e. The van der Waals surface area contributed by atoms with Crippen molar-refractivity contribution in [3.63, 3.8) is 0 Å². The number of hydrogen-bond acceptors (Lipinski definition) is 2. The minimum absolute atomic E-state index is 0.583. The van der Waals surface area contributed by atoms with Crippen molar-refractivity contribution in [3.8, 4) is 0 Å². The average molecular weight is 283 g/mol. The van der Waals surface area contributed by atoms with Gasteiger partial charge in [0.15, 0.2) is 0 Å². The maximum absolute atomic E-state index is 4.46. The molecule has 0 aliphatic heterocycles. The highest BCUT2D eigenvalue weighted by Crippen LogP contribution is 2.43. The molecule has 3 nitrogen and oxygen atoms in total. The van der Waals surface area contributed by atoms with Crippen LogP contribution in [0.15, 0.2) is 42.7 Å². The van der Waals surface area contributed by atoms with Crippen LogP contribution in [0.3, 0.4) is 0 Å². The summed E-state index contributed by atoms with van der Waals surface area (Å²) in [4.78, 5) is 0. The normalized spacial score (nSPS) is 16.6. The topological polar surface area (TPSA) is 29.9 Å². The van der Waals surface area contributed by atoms with Crippen LogP contribution >= 0.6 is 0 Å². The summed E-state index contributed by atoms with van der Waals surface area (Å²) in [5.74, 6) is 0. The molecule has 21 heavy (non-hydrogen) atoms. The Kier molecular flexibility index (Phi) is 4.39. The van der Waals surface area contributed by atoms with Gasteiger partial charge in [0.05, 0.1) is 12.7 Å². The van der Waals surface area contributed by atoms with E-state index in [0.29, 0.717) is 5.41 Å². The number of aromatic nitrogens is 2. The number of hydrogen-bond donors (Lipinski definition) is 1. The van der Waals surface area contributed by atoms with E-state index in [-0.39, 0.29) is 0 Å². The lowest BCUT2D eigenvalue weighted by Gasteiger charge is -2.41. The molecule has 2 aromatic rings. The summed E-state index contributed by atoms with van der Waals surface area (Å²) in [5, 5.41) is 8.08. The molecule has 1 N–H and O–H groups in total. The second kappa shape index (κ2) is 6.44. The van der Waals surface area contributed by atoms with E-state index in [2.05, 4.69) is 47.8 Å². The molecule has 3 heteroatoms. The Morgan fingerprint density at radius 1 is 1.19 bits per heavy atom. The maximum atomic E-state index is 4.46. The van der Waals surface area contributed by atoms with Crippen molar-refractivity contribution >= 4 is 0 Å². The van der Waals surface area contributed by atoms with Crippen molar-refractivity contribution in [3.05, 3.63) is 53.9 Å². The zero-order valence-corrected chi connectivity index (χ0v) is 12.9. The van der Waals surface area contributed by atoms with Crippen molar-refractivity contribution < 1.29 is 0 Å². The van der Waals surface area contributed by atoms with E-state index in [1.54, 1.807) is 0 Å². The molecule has 1 aliphatic rings. The van der Waals surface area contributed by atoms with Gasteiger partial charge in [-0.2, -0.15) is 5.10 Å². The molecule has 3 rings (SSSR count). The van der Waals surface area contributed by atoms with Crippen molar-refractivity contribution in [1.82, 2.24) is 15.1 Å². The highest BCUT2D eigenvalue weighted by molar-refractivity contribution is 5.15. The van der Waals surface area contributed by atoms with Crippen LogP contribution in [-0.2, 0) is 13.1 Å². The van der Waals surface area contributed by atoms with Gasteiger partial charge in [0.1, 0.15) is 0 Å². The summed E-state index contributed by atoms with van der Waals surface area (Å²) < 4.78 is 2.02. The molecule has 1 heterocycles. The van der Waals surface area contributed by atoms with Gasteiger partial charge in [-0.3, -0.25) is 4.68 Å². The molecule has 0 saturated heterocycles. The van der Waals surface area contributed by atoms with Crippen molar-refractivity contribution in [2.24, 2.45) is 5.41 Å². The summed E-state index contributed by atoms with van der Waals surface area (Å²) in [6, 6.07) is 10.5. The number of nitrogens with zero attached hydrogens (tertiary/aromatic N) is 2. The third kappa shape index (κ3) is 3.53. The monoisotopic (exact) mass is 283 g/mol. The van der Waals surface area contributed by atoms with E-state index in [9.17, 15) is 0 Å². The molecule has 0 radical (unpaired) electrons. The molecule has 0 unspecified atom stereocenters. The van der Waals surface area contributed by atoms with E-state index in [0.717, 1.165) is 19.6 Å². The molecule has 0 bridgehead atoms. The Labute approximate surface area is 127 Å². The Bertz CT molecular complexity index is 549. The Balaban J connectivity index is 1.49. The van der Waals surface area contributed by atoms with Gasteiger partial charge in [-0.05, 0) is 30.2 Å². The van der Waals surface area contributed by atoms with Crippen molar-refractivity contribution in [2.75, 3.05) is 6.54 Å². The largest absolute Gasteiger partial charge is 0.312 e. The Hall–Kier alpha value is -1.61. The van der Waals surface area contributed by atoms with Crippen LogP contribution in [0.2, 0.25) is 0 Å². The average Bonchev–Trinajstić information content (AvgIpc) is 2.90. The summed E-state index contributed by atoms with van der Waals surface area (Å²) in [6.45, 7) is 5.24. The highest BCUT2D eigenvalue weighted by atomic mass is 15.3. The molecular weight excluding hydrogens is 258 g/mol. The highest BCUT2D eigenvalue weighted by Gasteiger charge is 2.34. The first-order valence-corrected chi connectivity index (χ1v) is 8.06. The SMILES string of the molecule is CCC1(CNCc2cnn(Cc3ccccc3)c2)CCC1. The maximum Gasteiger partial charge on any atom is 0.0659 e. The Morgan fingerprint density at radius 2 is 2.00 bits per heavy atom. The van der Waals surface area contributed by atoms with Gasteiger partial charge in [-0.15, -0.1) is 0 Å². The minimum atomic E-state index is 0.583. The first-order valence-electron chi connectivity index (χ1n) is 8.06. The lowest BCUT2D eigenvalue weighted by atomic mass is 9.67. The van der Waals surface area contributed by atoms with Crippen molar-refractivity contribution in [1.29, 1.82) is 0 Å². The second-order valence-corrected chi connectivity index (χ2v) is 6.34. The van der Waals surface area contributed by atoms with Gasteiger partial charge < -0.3 is 5.32 Å². The molecule has 1 aliphatic carbocycles. The lowest BCUT2D eigenvalue weighted by Crippen LogP contribution is -2.39. The van der Waals surface area contributed by atoms with E-state index in [1.807, 2.05) is 16.9 Å². The molecule has 112 valence electrons. The molecule has 1 aromatic carbocycles. The molecular formula is C18H25N3. The van der Waals surface area contributed by atoms with E-state index < -0.39 is 0 Å². The van der Waals surface area contributed by atoms with Gasteiger partial charge in [0, 0.05) is 24.8 Å². The van der Waals surface area contributed by atoms with Gasteiger partial charge in [-0.25, -0.2) is 0 Å². The molecule has 0 spiro atoms. The van der Waals surface area contributed by atoms with Gasteiger partial charge in [-0.1, -0.05) is 43.7 Å². The van der Waals surface area contributed by atoms with Crippen LogP contribution in [0.4, 0.5) is 0 Å². The van der Waals surface area contributed by atoms with Crippen LogP contribution in [0.25, 0.3) is 0 Å². The van der Waals surface area contributed by atoms with Gasteiger partial charge in [0.2, 0.25) is 0 Å². The molecule has 1 saturated carbocycles. The number of rotatable bonds is 7. The standard InChI is InChI=1S/C18H25N3/c1-2-18(9-6-10-18)15-19-11-17-12-20-21(14-17)13-16-7-4-3-5-8-16/h3-5,7-8,12,14,19H,2,6,9-11,13,15H2,1H3.